The second-order valence-electron chi connectivity index (χ2n) is 8.48. The second kappa shape index (κ2) is 7.74. The number of fused-ring (bicyclic) bond motifs is 1. The van der Waals surface area contributed by atoms with Crippen molar-refractivity contribution in [3.8, 4) is 0 Å². The molecule has 33 heavy (non-hydrogen) atoms. The Kier molecular flexibility index (Phi) is 4.86. The number of aliphatic hydroxyl groups excluding tert-OH is 1. The maximum absolute atomic E-state index is 13.3. The standard InChI is InChI=1S/C27H23N3O3/c1-15-7-6-8-18(13-15)23-22(24(31)19-14-16(2)11-12-17(19)3)25(32)26(33)30(23)27-28-20-9-4-5-10-21(20)29-27/h4-14,23,31H,1-3H3,(H,28,29)/b24-22+. The van der Waals surface area contributed by atoms with Gasteiger partial charge >= 0.3 is 5.91 Å². The molecule has 0 bridgehead atoms. The number of nitrogens with one attached hydrogen (secondary N) is 1. The van der Waals surface area contributed by atoms with Gasteiger partial charge in [-0.25, -0.2) is 4.98 Å². The molecule has 0 saturated carbocycles. The maximum Gasteiger partial charge on any atom is 0.302 e. The molecule has 164 valence electrons. The first-order chi connectivity index (χ1) is 15.8. The maximum atomic E-state index is 13.3. The van der Waals surface area contributed by atoms with E-state index in [4.69, 9.17) is 0 Å². The topological polar surface area (TPSA) is 86.3 Å². The molecule has 0 spiro atoms. The summed E-state index contributed by atoms with van der Waals surface area (Å²) in [5, 5.41) is 11.4. The molecule has 1 saturated heterocycles. The van der Waals surface area contributed by atoms with Crippen molar-refractivity contribution < 1.29 is 14.7 Å². The number of anilines is 1. The van der Waals surface area contributed by atoms with Crippen molar-refractivity contribution in [2.24, 2.45) is 0 Å². The smallest absolute Gasteiger partial charge is 0.302 e. The summed E-state index contributed by atoms with van der Waals surface area (Å²) in [7, 11) is 0. The van der Waals surface area contributed by atoms with Crippen LogP contribution in [-0.4, -0.2) is 26.8 Å². The molecule has 1 aliphatic heterocycles. The lowest BCUT2D eigenvalue weighted by Gasteiger charge is -2.23. The Balaban J connectivity index is 1.77. The molecule has 0 aliphatic carbocycles. The number of para-hydroxylation sites is 2. The van der Waals surface area contributed by atoms with Crippen LogP contribution in [0.15, 0.2) is 72.3 Å². The number of benzene rings is 3. The minimum atomic E-state index is -0.814. The average Bonchev–Trinajstić information content (AvgIpc) is 3.33. The van der Waals surface area contributed by atoms with E-state index in [0.717, 1.165) is 27.8 Å². The van der Waals surface area contributed by atoms with E-state index in [-0.39, 0.29) is 17.3 Å². The molecular formula is C27H23N3O3. The Labute approximate surface area is 191 Å². The van der Waals surface area contributed by atoms with E-state index >= 15 is 0 Å². The Morgan fingerprint density at radius 2 is 1.70 bits per heavy atom. The first kappa shape index (κ1) is 20.7. The van der Waals surface area contributed by atoms with Crippen LogP contribution < -0.4 is 4.90 Å². The number of amides is 1. The number of imidazole rings is 1. The van der Waals surface area contributed by atoms with Gasteiger partial charge in [-0.15, -0.1) is 0 Å². The summed E-state index contributed by atoms with van der Waals surface area (Å²) in [4.78, 5) is 35.7. The summed E-state index contributed by atoms with van der Waals surface area (Å²) >= 11 is 0. The zero-order chi connectivity index (χ0) is 23.3. The number of carbonyl (C=O) groups excluding carboxylic acids is 2. The zero-order valence-corrected chi connectivity index (χ0v) is 18.6. The fourth-order valence-electron chi connectivity index (χ4n) is 4.40. The van der Waals surface area contributed by atoms with Gasteiger partial charge < -0.3 is 10.1 Å². The monoisotopic (exact) mass is 437 g/mol. The highest BCUT2D eigenvalue weighted by Crippen LogP contribution is 2.42. The van der Waals surface area contributed by atoms with Crippen LogP contribution in [0.3, 0.4) is 0 Å². The van der Waals surface area contributed by atoms with Gasteiger partial charge in [-0.2, -0.15) is 0 Å². The lowest BCUT2D eigenvalue weighted by molar-refractivity contribution is -0.132. The lowest BCUT2D eigenvalue weighted by atomic mass is 9.93. The molecule has 1 unspecified atom stereocenters. The highest BCUT2D eigenvalue weighted by Gasteiger charge is 2.48. The minimum absolute atomic E-state index is 0.0553. The Morgan fingerprint density at radius 1 is 0.939 bits per heavy atom. The number of H-pyrrole nitrogens is 1. The number of ketones is 1. The highest BCUT2D eigenvalue weighted by molar-refractivity contribution is 6.51. The fraction of sp³-hybridized carbons (Fsp3) is 0.148. The van der Waals surface area contributed by atoms with E-state index in [1.165, 1.54) is 4.90 Å². The van der Waals surface area contributed by atoms with Crippen molar-refractivity contribution in [1.29, 1.82) is 0 Å². The van der Waals surface area contributed by atoms with Crippen LogP contribution in [0.5, 0.6) is 0 Å². The number of nitrogens with zero attached hydrogens (tertiary/aromatic N) is 2. The van der Waals surface area contributed by atoms with Crippen molar-refractivity contribution in [1.82, 2.24) is 9.97 Å². The summed E-state index contributed by atoms with van der Waals surface area (Å²) < 4.78 is 0. The number of aryl methyl sites for hydroxylation is 3. The zero-order valence-electron chi connectivity index (χ0n) is 18.6. The van der Waals surface area contributed by atoms with E-state index in [1.807, 2.05) is 87.5 Å². The molecule has 6 heteroatoms. The van der Waals surface area contributed by atoms with Crippen molar-refractivity contribution in [2.75, 3.05) is 4.90 Å². The largest absolute Gasteiger partial charge is 0.507 e. The molecule has 5 rings (SSSR count). The van der Waals surface area contributed by atoms with E-state index in [0.29, 0.717) is 11.1 Å². The number of carbonyl (C=O) groups is 2. The number of aromatic nitrogens is 2. The molecule has 2 N–H and O–H groups in total. The van der Waals surface area contributed by atoms with E-state index in [9.17, 15) is 14.7 Å². The Morgan fingerprint density at radius 3 is 2.45 bits per heavy atom. The van der Waals surface area contributed by atoms with Crippen LogP contribution >= 0.6 is 0 Å². The second-order valence-corrected chi connectivity index (χ2v) is 8.48. The van der Waals surface area contributed by atoms with Crippen LogP contribution in [0.1, 0.15) is 33.9 Å². The third kappa shape index (κ3) is 3.40. The number of hydrogen-bond acceptors (Lipinski definition) is 4. The summed E-state index contributed by atoms with van der Waals surface area (Å²) in [5.74, 6) is -1.38. The predicted octanol–water partition coefficient (Wildman–Crippen LogP) is 5.11. The van der Waals surface area contributed by atoms with E-state index < -0.39 is 17.7 Å². The predicted molar refractivity (Wildman–Crippen MR) is 128 cm³/mol. The minimum Gasteiger partial charge on any atom is -0.507 e. The number of aromatic amines is 1. The summed E-state index contributed by atoms with van der Waals surface area (Å²) in [6.45, 7) is 5.73. The first-order valence-corrected chi connectivity index (χ1v) is 10.7. The lowest BCUT2D eigenvalue weighted by Crippen LogP contribution is -2.30. The number of hydrogen-bond donors (Lipinski definition) is 2. The normalized spacial score (nSPS) is 17.8. The average molecular weight is 437 g/mol. The molecule has 1 aromatic heterocycles. The van der Waals surface area contributed by atoms with Crippen LogP contribution in [-0.2, 0) is 9.59 Å². The molecule has 4 aromatic rings. The van der Waals surface area contributed by atoms with Gasteiger partial charge in [-0.05, 0) is 50.1 Å². The SMILES string of the molecule is Cc1cccc(C2/C(=C(\O)c3cc(C)ccc3C)C(=O)C(=O)N2c2nc3ccccc3[nH]2)c1. The van der Waals surface area contributed by atoms with Crippen LogP contribution in [0.4, 0.5) is 5.95 Å². The summed E-state index contributed by atoms with van der Waals surface area (Å²) in [5.41, 5.74) is 5.50. The van der Waals surface area contributed by atoms with Crippen molar-refractivity contribution in [2.45, 2.75) is 26.8 Å². The van der Waals surface area contributed by atoms with Gasteiger partial charge in [0.1, 0.15) is 5.76 Å². The molecule has 1 amide bonds. The first-order valence-electron chi connectivity index (χ1n) is 10.7. The van der Waals surface area contributed by atoms with Gasteiger partial charge in [0.15, 0.2) is 0 Å². The van der Waals surface area contributed by atoms with Gasteiger partial charge in [-0.3, -0.25) is 14.5 Å². The van der Waals surface area contributed by atoms with Crippen LogP contribution in [0.25, 0.3) is 16.8 Å². The molecular weight excluding hydrogens is 414 g/mol. The van der Waals surface area contributed by atoms with Crippen molar-refractivity contribution >= 4 is 34.4 Å². The van der Waals surface area contributed by atoms with Gasteiger partial charge in [0.25, 0.3) is 5.78 Å². The molecule has 2 heterocycles. The molecule has 0 radical (unpaired) electrons. The molecule has 1 fully saturated rings. The molecule has 1 atom stereocenters. The summed E-state index contributed by atoms with van der Waals surface area (Å²) in [6, 6.07) is 19.9. The molecule has 6 nitrogen and oxygen atoms in total. The van der Waals surface area contributed by atoms with E-state index in [2.05, 4.69) is 9.97 Å². The van der Waals surface area contributed by atoms with E-state index in [1.54, 1.807) is 0 Å². The number of rotatable bonds is 3. The molecule has 3 aromatic carbocycles. The fourth-order valence-corrected chi connectivity index (χ4v) is 4.40. The van der Waals surface area contributed by atoms with Crippen molar-refractivity contribution in [3.05, 3.63) is 100 Å². The van der Waals surface area contributed by atoms with Gasteiger partial charge in [-0.1, -0.05) is 59.7 Å². The Hall–Kier alpha value is -4.19. The van der Waals surface area contributed by atoms with Crippen LogP contribution in [0.2, 0.25) is 0 Å². The number of Topliss-reactive ketones (excluding diaryl/α,β-unsaturated/α-hetero) is 1. The third-order valence-electron chi connectivity index (χ3n) is 6.06. The number of aliphatic hydroxyl groups is 1. The third-order valence-corrected chi connectivity index (χ3v) is 6.06. The van der Waals surface area contributed by atoms with Gasteiger partial charge in [0.2, 0.25) is 5.95 Å². The molecule has 1 aliphatic rings. The van der Waals surface area contributed by atoms with Crippen LogP contribution in [0, 0.1) is 20.8 Å². The quantitative estimate of drug-likeness (QED) is 0.265. The highest BCUT2D eigenvalue weighted by atomic mass is 16.3. The summed E-state index contributed by atoms with van der Waals surface area (Å²) in [6.07, 6.45) is 0. The Bertz CT molecular complexity index is 1430. The van der Waals surface area contributed by atoms with Gasteiger partial charge in [0.05, 0.1) is 22.6 Å². The van der Waals surface area contributed by atoms with Crippen molar-refractivity contribution in [3.63, 3.8) is 0 Å². The van der Waals surface area contributed by atoms with Gasteiger partial charge in [0, 0.05) is 5.56 Å².